The van der Waals surface area contributed by atoms with Crippen LogP contribution in [-0.4, -0.2) is 34.1 Å². The molecule has 0 saturated carbocycles. The monoisotopic (exact) mass is 377 g/mol. The highest BCUT2D eigenvalue weighted by molar-refractivity contribution is 5.95. The molecule has 2 aromatic carbocycles. The largest absolute Gasteiger partial charge is 0.338 e. The maximum atomic E-state index is 13.1. The number of benzene rings is 2. The normalized spacial score (nSPS) is 16.9. The van der Waals surface area contributed by atoms with Crippen LogP contribution in [0, 0.1) is 11.7 Å². The molecule has 0 spiro atoms. The average molecular weight is 377 g/mol. The van der Waals surface area contributed by atoms with Gasteiger partial charge >= 0.3 is 0 Å². The van der Waals surface area contributed by atoms with Crippen molar-refractivity contribution in [1.29, 1.82) is 0 Å². The molecule has 1 saturated heterocycles. The number of aromatic amines is 1. The van der Waals surface area contributed by atoms with Gasteiger partial charge in [0.25, 0.3) is 5.91 Å². The highest BCUT2D eigenvalue weighted by Crippen LogP contribution is 2.25. The number of carbonyl (C=O) groups excluding carboxylic acids is 1. The number of rotatable bonds is 5. The number of hydrogen-bond donors (Lipinski definition) is 1. The Morgan fingerprint density at radius 3 is 2.82 bits per heavy atom. The van der Waals surface area contributed by atoms with Gasteiger partial charge in [-0.15, -0.1) is 0 Å². The summed E-state index contributed by atoms with van der Waals surface area (Å²) in [6.45, 7) is 1.60. The van der Waals surface area contributed by atoms with Crippen LogP contribution in [0.15, 0.2) is 60.9 Å². The van der Waals surface area contributed by atoms with Crippen LogP contribution in [0.3, 0.4) is 0 Å². The molecule has 1 aliphatic heterocycles. The Kier molecular flexibility index (Phi) is 5.51. The summed E-state index contributed by atoms with van der Waals surface area (Å²) >= 11 is 0. The average Bonchev–Trinajstić information content (AvgIpc) is 3.28. The number of aryl methyl sites for hydroxylation is 1. The van der Waals surface area contributed by atoms with Gasteiger partial charge in [-0.05, 0) is 67.0 Å². The second kappa shape index (κ2) is 8.38. The van der Waals surface area contributed by atoms with E-state index >= 15 is 0 Å². The van der Waals surface area contributed by atoms with Crippen molar-refractivity contribution in [3.63, 3.8) is 0 Å². The number of nitrogens with zero attached hydrogens (tertiary/aromatic N) is 2. The van der Waals surface area contributed by atoms with E-state index in [-0.39, 0.29) is 11.7 Å². The van der Waals surface area contributed by atoms with Crippen LogP contribution in [-0.2, 0) is 6.42 Å². The number of halogens is 1. The summed E-state index contributed by atoms with van der Waals surface area (Å²) in [5.41, 5.74) is 3.84. The molecule has 28 heavy (non-hydrogen) atoms. The molecule has 1 fully saturated rings. The van der Waals surface area contributed by atoms with Gasteiger partial charge in [-0.1, -0.05) is 24.3 Å². The lowest BCUT2D eigenvalue weighted by Crippen LogP contribution is -2.40. The number of H-pyrrole nitrogens is 1. The van der Waals surface area contributed by atoms with Crippen molar-refractivity contribution >= 4 is 5.91 Å². The molecular weight excluding hydrogens is 353 g/mol. The van der Waals surface area contributed by atoms with Crippen LogP contribution in [0.5, 0.6) is 0 Å². The van der Waals surface area contributed by atoms with Gasteiger partial charge in [-0.2, -0.15) is 5.10 Å². The molecular formula is C23H24FN3O. The topological polar surface area (TPSA) is 49.0 Å². The molecule has 1 amide bonds. The van der Waals surface area contributed by atoms with Gasteiger partial charge < -0.3 is 4.90 Å². The van der Waals surface area contributed by atoms with Crippen LogP contribution >= 0.6 is 0 Å². The van der Waals surface area contributed by atoms with E-state index in [0.717, 1.165) is 61.0 Å². The first-order valence-corrected chi connectivity index (χ1v) is 9.82. The van der Waals surface area contributed by atoms with Crippen LogP contribution in [0.2, 0.25) is 0 Å². The van der Waals surface area contributed by atoms with Gasteiger partial charge in [0.05, 0.1) is 6.20 Å². The number of nitrogens with one attached hydrogen (secondary N) is 1. The summed E-state index contributed by atoms with van der Waals surface area (Å²) in [5, 5.41) is 6.79. The summed E-state index contributed by atoms with van der Waals surface area (Å²) in [6.07, 6.45) is 7.70. The van der Waals surface area contributed by atoms with Gasteiger partial charge in [-0.25, -0.2) is 4.39 Å². The Bertz CT molecular complexity index is 921. The second-order valence-corrected chi connectivity index (χ2v) is 7.49. The molecule has 0 bridgehead atoms. The molecule has 4 nitrogen and oxygen atoms in total. The zero-order valence-electron chi connectivity index (χ0n) is 15.8. The Morgan fingerprint density at radius 1 is 1.18 bits per heavy atom. The molecule has 0 radical (unpaired) electrons. The van der Waals surface area contributed by atoms with Crippen molar-refractivity contribution in [1.82, 2.24) is 15.1 Å². The lowest BCUT2D eigenvalue weighted by atomic mass is 9.91. The molecule has 4 rings (SSSR count). The second-order valence-electron chi connectivity index (χ2n) is 7.49. The smallest absolute Gasteiger partial charge is 0.253 e. The van der Waals surface area contributed by atoms with E-state index in [1.807, 2.05) is 47.5 Å². The third-order valence-corrected chi connectivity index (χ3v) is 5.50. The first-order valence-electron chi connectivity index (χ1n) is 9.82. The SMILES string of the molecule is O=C(c1cccc(-c2cn[nH]c2)c1)N1CCC[C@@H](CCc2ccc(F)cc2)C1. The van der Waals surface area contributed by atoms with E-state index in [2.05, 4.69) is 10.2 Å². The van der Waals surface area contributed by atoms with Gasteiger partial charge in [-0.3, -0.25) is 9.89 Å². The van der Waals surface area contributed by atoms with E-state index in [1.165, 1.54) is 12.1 Å². The molecule has 5 heteroatoms. The number of amides is 1. The number of likely N-dealkylation sites (tertiary alicyclic amines) is 1. The number of piperidine rings is 1. The van der Waals surface area contributed by atoms with Gasteiger partial charge in [0.1, 0.15) is 5.82 Å². The third kappa shape index (κ3) is 4.30. The fraction of sp³-hybridized carbons (Fsp3) is 0.304. The quantitative estimate of drug-likeness (QED) is 0.701. The minimum Gasteiger partial charge on any atom is -0.338 e. The van der Waals surface area contributed by atoms with Crippen molar-refractivity contribution in [2.45, 2.75) is 25.7 Å². The molecule has 1 aromatic heterocycles. The first kappa shape index (κ1) is 18.4. The van der Waals surface area contributed by atoms with Crippen molar-refractivity contribution in [3.8, 4) is 11.1 Å². The fourth-order valence-corrected chi connectivity index (χ4v) is 3.93. The molecule has 2 heterocycles. The van der Waals surface area contributed by atoms with E-state index in [4.69, 9.17) is 0 Å². The lowest BCUT2D eigenvalue weighted by Gasteiger charge is -2.33. The summed E-state index contributed by atoms with van der Waals surface area (Å²) in [7, 11) is 0. The molecule has 144 valence electrons. The predicted octanol–water partition coefficient (Wildman–Crippen LogP) is 4.70. The van der Waals surface area contributed by atoms with Crippen LogP contribution in [0.25, 0.3) is 11.1 Å². The highest BCUT2D eigenvalue weighted by atomic mass is 19.1. The predicted molar refractivity (Wildman–Crippen MR) is 107 cm³/mol. The van der Waals surface area contributed by atoms with E-state index in [0.29, 0.717) is 5.92 Å². The number of aromatic nitrogens is 2. The maximum Gasteiger partial charge on any atom is 0.253 e. The molecule has 1 N–H and O–H groups in total. The molecule has 1 aliphatic rings. The van der Waals surface area contributed by atoms with Gasteiger partial charge in [0, 0.05) is 30.4 Å². The van der Waals surface area contributed by atoms with E-state index in [1.54, 1.807) is 6.20 Å². The summed E-state index contributed by atoms with van der Waals surface area (Å²) in [4.78, 5) is 15.0. The van der Waals surface area contributed by atoms with Crippen LogP contribution in [0.1, 0.15) is 35.2 Å². The Balaban J connectivity index is 1.39. The number of hydrogen-bond acceptors (Lipinski definition) is 2. The minimum absolute atomic E-state index is 0.0943. The van der Waals surface area contributed by atoms with Crippen LogP contribution < -0.4 is 0 Å². The van der Waals surface area contributed by atoms with Crippen molar-refractivity contribution < 1.29 is 9.18 Å². The van der Waals surface area contributed by atoms with Gasteiger partial charge in [0.2, 0.25) is 0 Å². The van der Waals surface area contributed by atoms with Gasteiger partial charge in [0.15, 0.2) is 0 Å². The van der Waals surface area contributed by atoms with E-state index in [9.17, 15) is 9.18 Å². The van der Waals surface area contributed by atoms with Crippen molar-refractivity contribution in [2.75, 3.05) is 13.1 Å². The first-order chi connectivity index (χ1) is 13.7. The highest BCUT2D eigenvalue weighted by Gasteiger charge is 2.24. The lowest BCUT2D eigenvalue weighted by molar-refractivity contribution is 0.0668. The summed E-state index contributed by atoms with van der Waals surface area (Å²) < 4.78 is 13.1. The van der Waals surface area contributed by atoms with E-state index < -0.39 is 0 Å². The number of carbonyl (C=O) groups is 1. The molecule has 1 atom stereocenters. The van der Waals surface area contributed by atoms with Crippen molar-refractivity contribution in [3.05, 3.63) is 77.9 Å². The molecule has 3 aromatic rings. The van der Waals surface area contributed by atoms with Crippen molar-refractivity contribution in [2.24, 2.45) is 5.92 Å². The third-order valence-electron chi connectivity index (χ3n) is 5.50. The Morgan fingerprint density at radius 2 is 2.04 bits per heavy atom. The fourth-order valence-electron chi connectivity index (χ4n) is 3.93. The minimum atomic E-state index is -0.198. The zero-order valence-corrected chi connectivity index (χ0v) is 15.8. The summed E-state index contributed by atoms with van der Waals surface area (Å²) in [6, 6.07) is 14.5. The van der Waals surface area contributed by atoms with Crippen LogP contribution in [0.4, 0.5) is 4.39 Å². The molecule has 0 unspecified atom stereocenters. The Labute approximate surface area is 164 Å². The Hall–Kier alpha value is -2.95. The summed E-state index contributed by atoms with van der Waals surface area (Å²) in [5.74, 6) is 0.382. The standard InChI is InChI=1S/C23H24FN3O/c24-22-10-8-17(9-11-22)6-7-18-3-2-12-27(16-18)23(28)20-5-1-4-19(13-20)21-14-25-26-15-21/h1,4-5,8-11,13-15,18H,2-3,6-7,12,16H2,(H,25,26)/t18-/m0/s1. The zero-order chi connectivity index (χ0) is 19.3. The maximum absolute atomic E-state index is 13.1. The molecule has 0 aliphatic carbocycles.